The van der Waals surface area contributed by atoms with E-state index < -0.39 is 6.10 Å². The number of aryl methyl sites for hydroxylation is 2. The molecule has 4 heterocycles. The predicted molar refractivity (Wildman–Crippen MR) is 94.1 cm³/mol. The fourth-order valence-corrected chi connectivity index (χ4v) is 3.19. The van der Waals surface area contributed by atoms with Crippen molar-refractivity contribution >= 4 is 11.6 Å². The molecule has 1 aliphatic rings. The summed E-state index contributed by atoms with van der Waals surface area (Å²) in [4.78, 5) is 37.7. The summed E-state index contributed by atoms with van der Waals surface area (Å²) < 4.78 is 7.63. The molecule has 1 unspecified atom stereocenters. The lowest BCUT2D eigenvalue weighted by molar-refractivity contribution is -0.0250. The molecular weight excluding hydrogens is 334 g/mol. The number of rotatable bonds is 2. The molecule has 0 spiro atoms. The molecule has 8 nitrogen and oxygen atoms in total. The number of aromatic amines is 1. The molecule has 0 aliphatic carbocycles. The minimum atomic E-state index is -0.424. The number of amides is 1. The SMILES string of the molecule is Cc1nc(C2CN(C(=O)c3cn4c(C)cccc4n3)CCO2)cc(=O)[nH]1. The van der Waals surface area contributed by atoms with Crippen molar-refractivity contribution in [3.63, 3.8) is 0 Å². The molecule has 26 heavy (non-hydrogen) atoms. The zero-order chi connectivity index (χ0) is 18.3. The van der Waals surface area contributed by atoms with E-state index in [2.05, 4.69) is 15.0 Å². The van der Waals surface area contributed by atoms with Crippen LogP contribution >= 0.6 is 0 Å². The van der Waals surface area contributed by atoms with Crippen LogP contribution in [0.5, 0.6) is 0 Å². The number of imidazole rings is 1. The van der Waals surface area contributed by atoms with Gasteiger partial charge in [0.15, 0.2) is 0 Å². The number of ether oxygens (including phenoxy) is 1. The Hall–Kier alpha value is -3.00. The third kappa shape index (κ3) is 2.99. The normalized spacial score (nSPS) is 17.6. The monoisotopic (exact) mass is 353 g/mol. The maximum Gasteiger partial charge on any atom is 0.274 e. The summed E-state index contributed by atoms with van der Waals surface area (Å²) in [5, 5.41) is 0. The molecule has 4 rings (SSSR count). The molecule has 1 saturated heterocycles. The summed E-state index contributed by atoms with van der Waals surface area (Å²) in [5.41, 5.74) is 2.46. The molecule has 1 aliphatic heterocycles. The smallest absolute Gasteiger partial charge is 0.274 e. The van der Waals surface area contributed by atoms with Gasteiger partial charge in [-0.05, 0) is 26.0 Å². The highest BCUT2D eigenvalue weighted by Crippen LogP contribution is 2.21. The van der Waals surface area contributed by atoms with E-state index in [-0.39, 0.29) is 11.5 Å². The molecule has 0 bridgehead atoms. The van der Waals surface area contributed by atoms with Crippen LogP contribution in [-0.2, 0) is 4.74 Å². The lowest BCUT2D eigenvalue weighted by Gasteiger charge is -2.32. The van der Waals surface area contributed by atoms with Crippen LogP contribution in [0, 0.1) is 13.8 Å². The Bertz CT molecular complexity index is 1040. The van der Waals surface area contributed by atoms with Crippen LogP contribution in [0.3, 0.4) is 0 Å². The Kier molecular flexibility index (Phi) is 4.04. The third-order valence-corrected chi connectivity index (χ3v) is 4.48. The number of aromatic nitrogens is 4. The third-order valence-electron chi connectivity index (χ3n) is 4.48. The van der Waals surface area contributed by atoms with Gasteiger partial charge in [-0.1, -0.05) is 6.07 Å². The van der Waals surface area contributed by atoms with Gasteiger partial charge >= 0.3 is 0 Å². The van der Waals surface area contributed by atoms with E-state index in [0.29, 0.717) is 36.9 Å². The average molecular weight is 353 g/mol. The van der Waals surface area contributed by atoms with Gasteiger partial charge in [-0.25, -0.2) is 9.97 Å². The zero-order valence-corrected chi connectivity index (χ0v) is 14.6. The standard InChI is InChI=1S/C18H19N5O3/c1-11-4-3-5-16-21-14(9-23(11)16)18(25)22-6-7-26-15(10-22)13-8-17(24)20-12(2)19-13/h3-5,8-9,15H,6-7,10H2,1-2H3,(H,19,20,24). The van der Waals surface area contributed by atoms with Gasteiger partial charge in [0, 0.05) is 24.5 Å². The molecule has 8 heteroatoms. The van der Waals surface area contributed by atoms with Crippen molar-refractivity contribution in [2.75, 3.05) is 19.7 Å². The van der Waals surface area contributed by atoms with Crippen molar-refractivity contribution in [2.24, 2.45) is 0 Å². The van der Waals surface area contributed by atoms with E-state index in [1.165, 1.54) is 6.07 Å². The Morgan fingerprint density at radius 2 is 2.15 bits per heavy atom. The molecular formula is C18H19N5O3. The van der Waals surface area contributed by atoms with Crippen molar-refractivity contribution in [1.29, 1.82) is 0 Å². The Morgan fingerprint density at radius 3 is 2.92 bits per heavy atom. The van der Waals surface area contributed by atoms with E-state index in [1.54, 1.807) is 18.0 Å². The second-order valence-corrected chi connectivity index (χ2v) is 6.39. The summed E-state index contributed by atoms with van der Waals surface area (Å²) in [6.07, 6.45) is 1.33. The van der Waals surface area contributed by atoms with Crippen molar-refractivity contribution in [2.45, 2.75) is 20.0 Å². The van der Waals surface area contributed by atoms with Crippen molar-refractivity contribution < 1.29 is 9.53 Å². The number of carbonyl (C=O) groups is 1. The fourth-order valence-electron chi connectivity index (χ4n) is 3.19. The van der Waals surface area contributed by atoms with Crippen LogP contribution < -0.4 is 5.56 Å². The van der Waals surface area contributed by atoms with Crippen LogP contribution in [0.15, 0.2) is 35.3 Å². The first-order chi connectivity index (χ1) is 12.5. The predicted octanol–water partition coefficient (Wildman–Crippen LogP) is 1.25. The molecule has 1 amide bonds. The zero-order valence-electron chi connectivity index (χ0n) is 14.6. The average Bonchev–Trinajstić information content (AvgIpc) is 3.06. The van der Waals surface area contributed by atoms with Crippen LogP contribution in [0.1, 0.15) is 33.8 Å². The first-order valence-electron chi connectivity index (χ1n) is 8.45. The van der Waals surface area contributed by atoms with Crippen molar-refractivity contribution in [1.82, 2.24) is 24.3 Å². The van der Waals surface area contributed by atoms with Crippen LogP contribution in [-0.4, -0.2) is 49.9 Å². The molecule has 3 aromatic rings. The summed E-state index contributed by atoms with van der Waals surface area (Å²) >= 11 is 0. The number of hydrogen-bond acceptors (Lipinski definition) is 5. The van der Waals surface area contributed by atoms with Gasteiger partial charge in [0.05, 0.1) is 18.8 Å². The van der Waals surface area contributed by atoms with Crippen molar-refractivity contribution in [3.05, 3.63) is 63.7 Å². The highest BCUT2D eigenvalue weighted by atomic mass is 16.5. The van der Waals surface area contributed by atoms with Gasteiger partial charge < -0.3 is 19.0 Å². The summed E-state index contributed by atoms with van der Waals surface area (Å²) in [6.45, 7) is 4.88. The lowest BCUT2D eigenvalue weighted by Crippen LogP contribution is -2.42. The molecule has 134 valence electrons. The molecule has 0 aromatic carbocycles. The van der Waals surface area contributed by atoms with Gasteiger partial charge in [-0.15, -0.1) is 0 Å². The largest absolute Gasteiger partial charge is 0.368 e. The number of morpholine rings is 1. The number of pyridine rings is 1. The number of carbonyl (C=O) groups excluding carboxylic acids is 1. The van der Waals surface area contributed by atoms with E-state index in [0.717, 1.165) is 11.3 Å². The van der Waals surface area contributed by atoms with Gasteiger partial charge in [0.2, 0.25) is 0 Å². The van der Waals surface area contributed by atoms with Gasteiger partial charge in [0.25, 0.3) is 11.5 Å². The number of hydrogen-bond donors (Lipinski definition) is 1. The maximum absolute atomic E-state index is 12.9. The highest BCUT2D eigenvalue weighted by Gasteiger charge is 2.28. The summed E-state index contributed by atoms with van der Waals surface area (Å²) in [6, 6.07) is 7.17. The molecule has 0 saturated carbocycles. The summed E-state index contributed by atoms with van der Waals surface area (Å²) in [5.74, 6) is 0.373. The first-order valence-corrected chi connectivity index (χ1v) is 8.45. The lowest BCUT2D eigenvalue weighted by atomic mass is 10.2. The minimum absolute atomic E-state index is 0.150. The van der Waals surface area contributed by atoms with E-state index in [1.807, 2.05) is 29.5 Å². The quantitative estimate of drug-likeness (QED) is 0.748. The number of H-pyrrole nitrogens is 1. The molecule has 1 atom stereocenters. The van der Waals surface area contributed by atoms with E-state index in [9.17, 15) is 9.59 Å². The molecule has 3 aromatic heterocycles. The molecule has 0 radical (unpaired) electrons. The number of fused-ring (bicyclic) bond motifs is 1. The Labute approximate surface area is 149 Å². The topological polar surface area (TPSA) is 92.6 Å². The van der Waals surface area contributed by atoms with Crippen LogP contribution in [0.2, 0.25) is 0 Å². The summed E-state index contributed by atoms with van der Waals surface area (Å²) in [7, 11) is 0. The van der Waals surface area contributed by atoms with Gasteiger partial charge in [-0.2, -0.15) is 0 Å². The van der Waals surface area contributed by atoms with Gasteiger partial charge in [-0.3, -0.25) is 9.59 Å². The fraction of sp³-hybridized carbons (Fsp3) is 0.333. The van der Waals surface area contributed by atoms with E-state index in [4.69, 9.17) is 4.74 Å². The van der Waals surface area contributed by atoms with Crippen molar-refractivity contribution in [3.8, 4) is 0 Å². The van der Waals surface area contributed by atoms with Crippen LogP contribution in [0.25, 0.3) is 5.65 Å². The van der Waals surface area contributed by atoms with E-state index >= 15 is 0 Å². The van der Waals surface area contributed by atoms with Gasteiger partial charge in [0.1, 0.15) is 23.3 Å². The second kappa shape index (κ2) is 6.38. The molecule has 1 fully saturated rings. The Balaban J connectivity index is 1.59. The maximum atomic E-state index is 12.9. The first kappa shape index (κ1) is 16.5. The van der Waals surface area contributed by atoms with Crippen LogP contribution in [0.4, 0.5) is 0 Å². The number of nitrogens with one attached hydrogen (secondary N) is 1. The highest BCUT2D eigenvalue weighted by molar-refractivity contribution is 5.93. The second-order valence-electron chi connectivity index (χ2n) is 6.39. The minimum Gasteiger partial charge on any atom is -0.368 e. The Morgan fingerprint density at radius 1 is 1.31 bits per heavy atom. The number of nitrogens with zero attached hydrogens (tertiary/aromatic N) is 4. The molecule has 1 N–H and O–H groups in total.